The van der Waals surface area contributed by atoms with Crippen LogP contribution in [-0.4, -0.2) is 35.9 Å². The highest BCUT2D eigenvalue weighted by molar-refractivity contribution is 5.88. The van der Waals surface area contributed by atoms with Crippen LogP contribution in [-0.2, 0) is 27.4 Å². The van der Waals surface area contributed by atoms with Crippen LogP contribution >= 0.6 is 0 Å². The molecule has 2 amide bonds. The zero-order valence-corrected chi connectivity index (χ0v) is 18.4. The van der Waals surface area contributed by atoms with E-state index in [4.69, 9.17) is 10.5 Å². The molecule has 0 fully saturated rings. The van der Waals surface area contributed by atoms with Crippen molar-refractivity contribution in [1.29, 1.82) is 0 Å². The molecule has 2 aromatic carbocycles. The fraction of sp³-hybridized carbons (Fsp3) is 0.385. The number of amides is 2. The maximum atomic E-state index is 13.3. The molecule has 2 N–H and O–H groups in total. The molecule has 1 aliphatic rings. The number of ether oxygens (including phenoxy) is 1. The van der Waals surface area contributed by atoms with E-state index in [0.717, 1.165) is 11.1 Å². The smallest absolute Gasteiger partial charge is 0.239 e. The van der Waals surface area contributed by atoms with E-state index in [9.17, 15) is 9.59 Å². The maximum Gasteiger partial charge on any atom is 0.239 e. The zero-order valence-electron chi connectivity index (χ0n) is 18.4. The summed E-state index contributed by atoms with van der Waals surface area (Å²) < 4.78 is 5.95. The minimum atomic E-state index is -0.622. The van der Waals surface area contributed by atoms with E-state index in [1.165, 1.54) is 5.57 Å². The van der Waals surface area contributed by atoms with Crippen molar-refractivity contribution >= 4 is 11.8 Å². The van der Waals surface area contributed by atoms with Crippen LogP contribution < -0.4 is 5.73 Å². The molecule has 1 heterocycles. The Labute approximate surface area is 184 Å². The van der Waals surface area contributed by atoms with Crippen molar-refractivity contribution in [3.63, 3.8) is 0 Å². The van der Waals surface area contributed by atoms with E-state index in [1.807, 2.05) is 60.7 Å². The van der Waals surface area contributed by atoms with Crippen molar-refractivity contribution < 1.29 is 14.3 Å². The van der Waals surface area contributed by atoms with Gasteiger partial charge < -0.3 is 15.4 Å². The van der Waals surface area contributed by atoms with Gasteiger partial charge in [0.25, 0.3) is 0 Å². The van der Waals surface area contributed by atoms with Gasteiger partial charge >= 0.3 is 0 Å². The van der Waals surface area contributed by atoms with Gasteiger partial charge in [0.1, 0.15) is 6.04 Å². The van der Waals surface area contributed by atoms with Gasteiger partial charge in [-0.25, -0.2) is 0 Å². The highest BCUT2D eigenvalue weighted by atomic mass is 16.5. The molecule has 1 unspecified atom stereocenters. The summed E-state index contributed by atoms with van der Waals surface area (Å²) in [7, 11) is 0. The van der Waals surface area contributed by atoms with Crippen LogP contribution in [0.5, 0.6) is 0 Å². The largest absolute Gasteiger partial charge is 0.376 e. The van der Waals surface area contributed by atoms with Gasteiger partial charge in [-0.05, 0) is 30.9 Å². The molecule has 2 aromatic rings. The molecule has 0 radical (unpaired) electrons. The molecule has 5 heteroatoms. The van der Waals surface area contributed by atoms with Crippen molar-refractivity contribution in [3.8, 4) is 0 Å². The zero-order chi connectivity index (χ0) is 22.2. The summed E-state index contributed by atoms with van der Waals surface area (Å²) in [6.45, 7) is 5.47. The molecule has 0 spiro atoms. The van der Waals surface area contributed by atoms with Crippen molar-refractivity contribution in [2.45, 2.75) is 39.3 Å². The van der Waals surface area contributed by atoms with Gasteiger partial charge in [-0.1, -0.05) is 79.2 Å². The van der Waals surface area contributed by atoms with E-state index in [2.05, 4.69) is 13.0 Å². The van der Waals surface area contributed by atoms with Crippen LogP contribution in [0.3, 0.4) is 0 Å². The fourth-order valence-electron chi connectivity index (χ4n) is 3.98. The average molecular weight is 421 g/mol. The molecule has 1 aliphatic heterocycles. The van der Waals surface area contributed by atoms with Gasteiger partial charge in [-0.15, -0.1) is 0 Å². The third kappa shape index (κ3) is 6.28. The summed E-state index contributed by atoms with van der Waals surface area (Å²) >= 11 is 0. The van der Waals surface area contributed by atoms with E-state index in [-0.39, 0.29) is 17.7 Å². The molecular weight excluding hydrogens is 388 g/mol. The van der Waals surface area contributed by atoms with Crippen LogP contribution in [0.2, 0.25) is 0 Å². The number of primary amides is 1. The lowest BCUT2D eigenvalue weighted by molar-refractivity contribution is -0.140. The molecule has 0 saturated heterocycles. The molecule has 0 saturated carbocycles. The Kier molecular flexibility index (Phi) is 8.01. The maximum absolute atomic E-state index is 13.3. The second kappa shape index (κ2) is 10.9. The Balaban J connectivity index is 1.73. The summed E-state index contributed by atoms with van der Waals surface area (Å²) in [5, 5.41) is 0. The fourth-order valence-corrected chi connectivity index (χ4v) is 3.98. The number of hydrogen-bond acceptors (Lipinski definition) is 3. The first-order valence-corrected chi connectivity index (χ1v) is 10.9. The Morgan fingerprint density at radius 1 is 1.06 bits per heavy atom. The molecule has 0 aromatic heterocycles. The molecule has 0 bridgehead atoms. The Bertz CT molecular complexity index is 895. The summed E-state index contributed by atoms with van der Waals surface area (Å²) in [5.74, 6) is -0.658. The van der Waals surface area contributed by atoms with Crippen LogP contribution in [0.1, 0.15) is 31.4 Å². The highest BCUT2D eigenvalue weighted by Crippen LogP contribution is 2.27. The first kappa shape index (κ1) is 22.8. The lowest BCUT2D eigenvalue weighted by Crippen LogP contribution is -2.48. The first-order valence-electron chi connectivity index (χ1n) is 10.9. The minimum Gasteiger partial charge on any atom is -0.376 e. The molecular formula is C26H32N2O3. The predicted molar refractivity (Wildman–Crippen MR) is 122 cm³/mol. The number of rotatable bonds is 9. The minimum absolute atomic E-state index is 0.0393. The SMILES string of the molecule is C[C@H](C(N)=O)N1CCC([C@@H](C)COCc2ccccc2)=CC(Cc2ccccc2)C1=O. The van der Waals surface area contributed by atoms with E-state index in [0.29, 0.717) is 32.6 Å². The van der Waals surface area contributed by atoms with E-state index < -0.39 is 11.9 Å². The van der Waals surface area contributed by atoms with Gasteiger partial charge in [0, 0.05) is 12.5 Å². The monoisotopic (exact) mass is 420 g/mol. The molecule has 3 atom stereocenters. The molecule has 0 aliphatic carbocycles. The number of nitrogens with two attached hydrogens (primary N) is 1. The van der Waals surface area contributed by atoms with Crippen LogP contribution in [0, 0.1) is 11.8 Å². The Hall–Kier alpha value is -2.92. The third-order valence-corrected chi connectivity index (χ3v) is 5.95. The summed E-state index contributed by atoms with van der Waals surface area (Å²) in [5.41, 5.74) is 8.96. The topological polar surface area (TPSA) is 72.6 Å². The molecule has 3 rings (SSSR count). The lowest BCUT2D eigenvalue weighted by Gasteiger charge is -2.28. The highest BCUT2D eigenvalue weighted by Gasteiger charge is 2.32. The van der Waals surface area contributed by atoms with Gasteiger partial charge in [-0.3, -0.25) is 9.59 Å². The second-order valence-corrected chi connectivity index (χ2v) is 8.30. The number of benzene rings is 2. The van der Waals surface area contributed by atoms with Gasteiger partial charge in [0.2, 0.25) is 11.8 Å². The summed E-state index contributed by atoms with van der Waals surface area (Å²) in [6, 6.07) is 19.5. The van der Waals surface area contributed by atoms with E-state index >= 15 is 0 Å². The third-order valence-electron chi connectivity index (χ3n) is 5.95. The Morgan fingerprint density at radius 2 is 1.68 bits per heavy atom. The molecule has 5 nitrogen and oxygen atoms in total. The average Bonchev–Trinajstić information content (AvgIpc) is 2.94. The van der Waals surface area contributed by atoms with Crippen molar-refractivity contribution in [2.75, 3.05) is 13.2 Å². The van der Waals surface area contributed by atoms with Crippen LogP contribution in [0.15, 0.2) is 72.3 Å². The van der Waals surface area contributed by atoms with Gasteiger partial charge in [0.15, 0.2) is 0 Å². The summed E-state index contributed by atoms with van der Waals surface area (Å²) in [4.78, 5) is 26.7. The summed E-state index contributed by atoms with van der Waals surface area (Å²) in [6.07, 6.45) is 3.41. The van der Waals surface area contributed by atoms with Gasteiger partial charge in [0.05, 0.1) is 19.1 Å². The van der Waals surface area contributed by atoms with Crippen molar-refractivity contribution in [2.24, 2.45) is 17.6 Å². The van der Waals surface area contributed by atoms with Crippen molar-refractivity contribution in [3.05, 3.63) is 83.4 Å². The lowest BCUT2D eigenvalue weighted by atomic mass is 9.91. The van der Waals surface area contributed by atoms with Crippen LogP contribution in [0.4, 0.5) is 0 Å². The quantitative estimate of drug-likeness (QED) is 0.628. The second-order valence-electron chi connectivity index (χ2n) is 8.30. The first-order chi connectivity index (χ1) is 15.0. The van der Waals surface area contributed by atoms with E-state index in [1.54, 1.807) is 11.8 Å². The van der Waals surface area contributed by atoms with Gasteiger partial charge in [-0.2, -0.15) is 0 Å². The standard InChI is InChI=1S/C26H32N2O3/c1-19(17-31-18-22-11-7-4-8-12-22)23-13-14-28(20(2)25(27)29)26(30)24(16-23)15-21-9-5-3-6-10-21/h3-12,16,19-20,24H,13-15,17-18H2,1-2H3,(H2,27,29)/t19-,20+,24?/m0/s1. The number of carbonyl (C=O) groups is 2. The number of nitrogens with zero attached hydrogens (tertiary/aromatic N) is 1. The van der Waals surface area contributed by atoms with Crippen LogP contribution in [0.25, 0.3) is 0 Å². The predicted octanol–water partition coefficient (Wildman–Crippen LogP) is 3.73. The number of carbonyl (C=O) groups excluding carboxylic acids is 2. The van der Waals surface area contributed by atoms with Crippen molar-refractivity contribution in [1.82, 2.24) is 4.90 Å². The molecule has 31 heavy (non-hydrogen) atoms. The molecule has 164 valence electrons. The normalized spacial score (nSPS) is 18.8. The Morgan fingerprint density at radius 3 is 2.29 bits per heavy atom. The number of hydrogen-bond donors (Lipinski definition) is 1.